The van der Waals surface area contributed by atoms with Gasteiger partial charge in [-0.15, -0.1) is 0 Å². The number of benzene rings is 2. The van der Waals surface area contributed by atoms with Crippen molar-refractivity contribution in [3.05, 3.63) is 64.8 Å². The fourth-order valence-electron chi connectivity index (χ4n) is 3.41. The summed E-state index contributed by atoms with van der Waals surface area (Å²) < 4.78 is 0. The zero-order valence-corrected chi connectivity index (χ0v) is 16.6. The van der Waals surface area contributed by atoms with Gasteiger partial charge in [0.2, 0.25) is 0 Å². The van der Waals surface area contributed by atoms with Crippen molar-refractivity contribution in [1.82, 2.24) is 9.88 Å². The minimum atomic E-state index is -0.359. The molecule has 1 fully saturated rings. The van der Waals surface area contributed by atoms with Crippen molar-refractivity contribution < 1.29 is 4.92 Å². The van der Waals surface area contributed by atoms with Crippen LogP contribution in [0, 0.1) is 10.1 Å². The number of pyridine rings is 1. The van der Waals surface area contributed by atoms with E-state index >= 15 is 0 Å². The summed E-state index contributed by atoms with van der Waals surface area (Å²) in [6.07, 6.45) is 1.92. The highest BCUT2D eigenvalue weighted by atomic mass is 16.6. The van der Waals surface area contributed by atoms with E-state index in [1.807, 2.05) is 44.3 Å². The third-order valence-electron chi connectivity index (χ3n) is 4.95. The average Bonchev–Trinajstić information content (AvgIpc) is 2.75. The molecule has 146 valence electrons. The van der Waals surface area contributed by atoms with Crippen LogP contribution in [0.1, 0.15) is 13.8 Å². The van der Waals surface area contributed by atoms with E-state index in [0.29, 0.717) is 0 Å². The van der Waals surface area contributed by atoms with Gasteiger partial charge in [0.1, 0.15) is 0 Å². The van der Waals surface area contributed by atoms with Crippen LogP contribution in [-0.4, -0.2) is 48.0 Å². The number of fused-ring (bicyclic) bond motifs is 1. The standard InChI is InChI=1S/C20H20N4O2.C2H6/c1-22-8-10-23(11-9-22)17-13-19-18(6-3-7-20(19)21-14-17)15-4-2-5-16(12-15)24(25)26;1-2/h2-7,12-14H,8-11H2,1H3;1-2H3. The molecule has 0 N–H and O–H groups in total. The van der Waals surface area contributed by atoms with Gasteiger partial charge in [-0.2, -0.15) is 0 Å². The molecule has 1 aliphatic rings. The molecule has 0 amide bonds. The maximum atomic E-state index is 11.1. The third kappa shape index (κ3) is 4.12. The predicted octanol–water partition coefficient (Wildman–Crippen LogP) is 4.59. The number of nitrogens with zero attached hydrogens (tertiary/aromatic N) is 4. The molecular formula is C22H26N4O2. The monoisotopic (exact) mass is 378 g/mol. The van der Waals surface area contributed by atoms with Crippen LogP contribution < -0.4 is 4.90 Å². The summed E-state index contributed by atoms with van der Waals surface area (Å²) in [5.74, 6) is 0. The number of non-ortho nitro benzene ring substituents is 1. The fourth-order valence-corrected chi connectivity index (χ4v) is 3.41. The molecule has 1 aliphatic heterocycles. The molecule has 6 heteroatoms. The second kappa shape index (κ2) is 8.80. The average molecular weight is 378 g/mol. The molecule has 1 aromatic heterocycles. The topological polar surface area (TPSA) is 62.5 Å². The summed E-state index contributed by atoms with van der Waals surface area (Å²) in [7, 11) is 2.14. The van der Waals surface area contributed by atoms with E-state index in [9.17, 15) is 10.1 Å². The van der Waals surface area contributed by atoms with E-state index in [4.69, 9.17) is 0 Å². The summed E-state index contributed by atoms with van der Waals surface area (Å²) in [6, 6.07) is 14.8. The fraction of sp³-hybridized carbons (Fsp3) is 0.318. The van der Waals surface area contributed by atoms with Crippen LogP contribution in [0.4, 0.5) is 11.4 Å². The Kier molecular flexibility index (Phi) is 6.21. The maximum Gasteiger partial charge on any atom is 0.270 e. The first kappa shape index (κ1) is 19.8. The Bertz CT molecular complexity index is 966. The Hall–Kier alpha value is -2.99. The number of piperazine rings is 1. The zero-order valence-electron chi connectivity index (χ0n) is 16.6. The summed E-state index contributed by atoms with van der Waals surface area (Å²) in [5.41, 5.74) is 3.90. The van der Waals surface area contributed by atoms with Crippen LogP contribution >= 0.6 is 0 Å². The Morgan fingerprint density at radius 1 is 1.00 bits per heavy atom. The highest BCUT2D eigenvalue weighted by Gasteiger charge is 2.16. The van der Waals surface area contributed by atoms with E-state index in [0.717, 1.165) is 53.9 Å². The summed E-state index contributed by atoms with van der Waals surface area (Å²) >= 11 is 0. The number of hydrogen-bond acceptors (Lipinski definition) is 5. The van der Waals surface area contributed by atoms with Crippen molar-refractivity contribution in [2.75, 3.05) is 38.1 Å². The molecule has 0 bridgehead atoms. The van der Waals surface area contributed by atoms with Crippen LogP contribution in [0.3, 0.4) is 0 Å². The van der Waals surface area contributed by atoms with Crippen molar-refractivity contribution in [1.29, 1.82) is 0 Å². The number of likely N-dealkylation sites (N-methyl/N-ethyl adjacent to an activating group) is 1. The highest BCUT2D eigenvalue weighted by molar-refractivity contribution is 5.96. The summed E-state index contributed by atoms with van der Waals surface area (Å²) in [4.78, 5) is 20.1. The molecular weight excluding hydrogens is 352 g/mol. The van der Waals surface area contributed by atoms with E-state index in [1.54, 1.807) is 12.1 Å². The lowest BCUT2D eigenvalue weighted by molar-refractivity contribution is -0.384. The molecule has 1 saturated heterocycles. The molecule has 3 aromatic rings. The smallest absolute Gasteiger partial charge is 0.270 e. The van der Waals surface area contributed by atoms with Gasteiger partial charge in [-0.25, -0.2) is 0 Å². The number of nitro groups is 1. The number of anilines is 1. The van der Waals surface area contributed by atoms with Gasteiger partial charge in [0.15, 0.2) is 0 Å². The van der Waals surface area contributed by atoms with Crippen molar-refractivity contribution in [2.24, 2.45) is 0 Å². The lowest BCUT2D eigenvalue weighted by atomic mass is 10.00. The van der Waals surface area contributed by atoms with Gasteiger partial charge in [0.05, 0.1) is 22.3 Å². The first-order chi connectivity index (χ1) is 13.6. The SMILES string of the molecule is CC.CN1CCN(c2cnc3cccc(-c4cccc([N+](=O)[O-])c4)c3c2)CC1. The first-order valence-corrected chi connectivity index (χ1v) is 9.69. The highest BCUT2D eigenvalue weighted by Crippen LogP contribution is 2.32. The largest absolute Gasteiger partial charge is 0.368 e. The molecule has 6 nitrogen and oxygen atoms in total. The van der Waals surface area contributed by atoms with Crippen LogP contribution in [0.25, 0.3) is 22.0 Å². The summed E-state index contributed by atoms with van der Waals surface area (Å²) in [6.45, 7) is 8.01. The third-order valence-corrected chi connectivity index (χ3v) is 4.95. The number of hydrogen-bond donors (Lipinski definition) is 0. The molecule has 2 heterocycles. The van der Waals surface area contributed by atoms with E-state index in [-0.39, 0.29) is 10.6 Å². The van der Waals surface area contributed by atoms with Gasteiger partial charge in [-0.05, 0) is 30.3 Å². The minimum absolute atomic E-state index is 0.0997. The van der Waals surface area contributed by atoms with E-state index < -0.39 is 0 Å². The Morgan fingerprint density at radius 3 is 2.43 bits per heavy atom. The molecule has 4 rings (SSSR count). The Balaban J connectivity index is 0.00000109. The van der Waals surface area contributed by atoms with Crippen LogP contribution in [0.5, 0.6) is 0 Å². The molecule has 0 atom stereocenters. The van der Waals surface area contributed by atoms with Crippen LogP contribution in [0.15, 0.2) is 54.7 Å². The Morgan fingerprint density at radius 2 is 1.71 bits per heavy atom. The van der Waals surface area contributed by atoms with Crippen molar-refractivity contribution in [3.63, 3.8) is 0 Å². The molecule has 0 radical (unpaired) electrons. The second-order valence-electron chi connectivity index (χ2n) is 6.66. The maximum absolute atomic E-state index is 11.1. The molecule has 0 spiro atoms. The normalized spacial score (nSPS) is 14.5. The van der Waals surface area contributed by atoms with Crippen molar-refractivity contribution >= 4 is 22.3 Å². The number of nitro benzene ring substituents is 1. The van der Waals surface area contributed by atoms with Gasteiger partial charge < -0.3 is 9.80 Å². The van der Waals surface area contributed by atoms with E-state index in [1.165, 1.54) is 6.07 Å². The van der Waals surface area contributed by atoms with Gasteiger partial charge in [-0.3, -0.25) is 15.1 Å². The minimum Gasteiger partial charge on any atom is -0.368 e. The molecule has 2 aromatic carbocycles. The Labute approximate surface area is 165 Å². The predicted molar refractivity (Wildman–Crippen MR) is 115 cm³/mol. The van der Waals surface area contributed by atoms with Gasteiger partial charge in [0, 0.05) is 43.7 Å². The lowest BCUT2D eigenvalue weighted by Crippen LogP contribution is -2.44. The van der Waals surface area contributed by atoms with Crippen molar-refractivity contribution in [3.8, 4) is 11.1 Å². The quantitative estimate of drug-likeness (QED) is 0.493. The van der Waals surface area contributed by atoms with Gasteiger partial charge in [0.25, 0.3) is 5.69 Å². The zero-order chi connectivity index (χ0) is 20.1. The van der Waals surface area contributed by atoms with Gasteiger partial charge >= 0.3 is 0 Å². The number of aromatic nitrogens is 1. The van der Waals surface area contributed by atoms with Gasteiger partial charge in [-0.1, -0.05) is 38.1 Å². The van der Waals surface area contributed by atoms with Crippen LogP contribution in [0.2, 0.25) is 0 Å². The van der Waals surface area contributed by atoms with Crippen molar-refractivity contribution in [2.45, 2.75) is 13.8 Å². The molecule has 28 heavy (non-hydrogen) atoms. The lowest BCUT2D eigenvalue weighted by Gasteiger charge is -2.34. The first-order valence-electron chi connectivity index (χ1n) is 9.69. The second-order valence-corrected chi connectivity index (χ2v) is 6.66. The van der Waals surface area contributed by atoms with E-state index in [2.05, 4.69) is 27.9 Å². The van der Waals surface area contributed by atoms with Crippen LogP contribution in [-0.2, 0) is 0 Å². The molecule has 0 aliphatic carbocycles. The number of rotatable bonds is 3. The summed E-state index contributed by atoms with van der Waals surface area (Å²) in [5, 5.41) is 12.1. The molecule has 0 unspecified atom stereocenters. The molecule has 0 saturated carbocycles.